The number of benzene rings is 3. The van der Waals surface area contributed by atoms with Crippen LogP contribution in [0.3, 0.4) is 0 Å². The molecule has 1 aromatic heterocycles. The molecule has 6 nitrogen and oxygen atoms in total. The lowest BCUT2D eigenvalue weighted by atomic mass is 10.2. The number of nitrogens with one attached hydrogen (secondary N) is 2. The number of halogens is 2. The molecule has 1 amide bonds. The summed E-state index contributed by atoms with van der Waals surface area (Å²) in [5, 5.41) is 5.71. The molecular formula is C23H18Cl2N4O2S. The Morgan fingerprint density at radius 1 is 1.09 bits per heavy atom. The summed E-state index contributed by atoms with van der Waals surface area (Å²) in [6.07, 6.45) is 1.57. The fourth-order valence-corrected chi connectivity index (χ4v) is 3.82. The van der Waals surface area contributed by atoms with Crippen molar-refractivity contribution in [3.8, 4) is 5.75 Å². The predicted octanol–water partition coefficient (Wildman–Crippen LogP) is 5.69. The van der Waals surface area contributed by atoms with Crippen LogP contribution in [0.25, 0.3) is 11.0 Å². The fraction of sp³-hybridized carbons (Fsp3) is 0.0870. The molecule has 0 bridgehead atoms. The number of ether oxygens (including phenoxy) is 1. The zero-order valence-corrected chi connectivity index (χ0v) is 19.0. The summed E-state index contributed by atoms with van der Waals surface area (Å²) in [7, 11) is 0. The second-order valence-corrected chi connectivity index (χ2v) is 8.53. The van der Waals surface area contributed by atoms with E-state index in [1.807, 2.05) is 54.6 Å². The first kappa shape index (κ1) is 22.2. The summed E-state index contributed by atoms with van der Waals surface area (Å²) < 4.78 is 5.80. The van der Waals surface area contributed by atoms with Gasteiger partial charge in [0.1, 0.15) is 12.4 Å². The number of aromatic amines is 1. The Bertz CT molecular complexity index is 1240. The Hall–Kier alpha value is -3.00. The number of imidazole rings is 1. The Labute approximate surface area is 199 Å². The number of hydrogen-bond acceptors (Lipinski definition) is 5. The lowest BCUT2D eigenvalue weighted by molar-refractivity contribution is -0.118. The topological polar surface area (TPSA) is 79.4 Å². The number of H-pyrrole nitrogens is 1. The monoisotopic (exact) mass is 484 g/mol. The average molecular weight is 485 g/mol. The van der Waals surface area contributed by atoms with E-state index in [-0.39, 0.29) is 11.7 Å². The number of fused-ring (bicyclic) bond motifs is 1. The number of thioether (sulfide) groups is 1. The SMILES string of the molecule is O=C(CSc1nc2ccccc2[nH]1)N/N=C\c1cccc(OCc2ccc(Cl)c(Cl)c2)c1. The predicted molar refractivity (Wildman–Crippen MR) is 130 cm³/mol. The van der Waals surface area contributed by atoms with Gasteiger partial charge in [0.15, 0.2) is 5.16 Å². The first-order valence-electron chi connectivity index (χ1n) is 9.63. The van der Waals surface area contributed by atoms with Crippen molar-refractivity contribution in [1.82, 2.24) is 15.4 Å². The zero-order valence-electron chi connectivity index (χ0n) is 16.7. The number of para-hydroxylation sites is 2. The van der Waals surface area contributed by atoms with Crippen molar-refractivity contribution in [3.63, 3.8) is 0 Å². The Morgan fingerprint density at radius 3 is 2.81 bits per heavy atom. The molecule has 2 N–H and O–H groups in total. The van der Waals surface area contributed by atoms with Crippen LogP contribution in [0.15, 0.2) is 77.0 Å². The minimum Gasteiger partial charge on any atom is -0.489 e. The maximum absolute atomic E-state index is 12.1. The molecule has 0 aliphatic carbocycles. The zero-order chi connectivity index (χ0) is 22.3. The summed E-state index contributed by atoms with van der Waals surface area (Å²) in [5.74, 6) is 0.648. The van der Waals surface area contributed by atoms with Crippen LogP contribution in [0.2, 0.25) is 10.0 Å². The molecular weight excluding hydrogens is 467 g/mol. The van der Waals surface area contributed by atoms with Crippen molar-refractivity contribution in [3.05, 3.63) is 87.9 Å². The number of aromatic nitrogens is 2. The van der Waals surface area contributed by atoms with Crippen molar-refractivity contribution in [2.24, 2.45) is 5.10 Å². The maximum atomic E-state index is 12.1. The standard InChI is InChI=1S/C23H18Cl2N4O2S/c24-18-9-8-16(11-19(18)25)13-31-17-5-3-4-15(10-17)12-26-29-22(30)14-32-23-27-20-6-1-2-7-21(20)28-23/h1-12H,13-14H2,(H,27,28)(H,29,30)/b26-12-. The Kier molecular flexibility index (Phi) is 7.32. The Morgan fingerprint density at radius 2 is 1.97 bits per heavy atom. The quantitative estimate of drug-likeness (QED) is 0.191. The summed E-state index contributed by atoms with van der Waals surface area (Å²) in [5.41, 5.74) is 6.04. The molecule has 32 heavy (non-hydrogen) atoms. The highest BCUT2D eigenvalue weighted by Gasteiger charge is 2.06. The number of hydrogen-bond donors (Lipinski definition) is 2. The van der Waals surface area contributed by atoms with Crippen LogP contribution in [0.1, 0.15) is 11.1 Å². The molecule has 0 radical (unpaired) electrons. The first-order chi connectivity index (χ1) is 15.6. The van der Waals surface area contributed by atoms with Gasteiger partial charge in [0.2, 0.25) is 0 Å². The molecule has 9 heteroatoms. The highest BCUT2D eigenvalue weighted by atomic mass is 35.5. The molecule has 4 rings (SSSR count). The highest BCUT2D eigenvalue weighted by Crippen LogP contribution is 2.23. The van der Waals surface area contributed by atoms with Gasteiger partial charge in [-0.15, -0.1) is 0 Å². The van der Waals surface area contributed by atoms with Crippen LogP contribution in [0.4, 0.5) is 0 Å². The highest BCUT2D eigenvalue weighted by molar-refractivity contribution is 7.99. The van der Waals surface area contributed by atoms with Crippen LogP contribution in [-0.2, 0) is 11.4 Å². The van der Waals surface area contributed by atoms with Gasteiger partial charge >= 0.3 is 0 Å². The maximum Gasteiger partial charge on any atom is 0.250 e. The molecule has 0 fully saturated rings. The van der Waals surface area contributed by atoms with E-state index in [1.54, 1.807) is 18.3 Å². The Balaban J connectivity index is 1.26. The van der Waals surface area contributed by atoms with E-state index in [0.29, 0.717) is 27.6 Å². The van der Waals surface area contributed by atoms with Gasteiger partial charge in [-0.05, 0) is 47.5 Å². The summed E-state index contributed by atoms with van der Waals surface area (Å²) in [6.45, 7) is 0.354. The van der Waals surface area contributed by atoms with E-state index < -0.39 is 0 Å². The molecule has 1 heterocycles. The van der Waals surface area contributed by atoms with Crippen LogP contribution in [-0.4, -0.2) is 27.8 Å². The minimum absolute atomic E-state index is 0.198. The summed E-state index contributed by atoms with van der Waals surface area (Å²) in [6, 6.07) is 20.5. The van der Waals surface area contributed by atoms with E-state index in [9.17, 15) is 4.79 Å². The van der Waals surface area contributed by atoms with Gasteiger partial charge < -0.3 is 9.72 Å². The van der Waals surface area contributed by atoms with E-state index in [1.165, 1.54) is 11.8 Å². The molecule has 162 valence electrons. The van der Waals surface area contributed by atoms with Crippen molar-refractivity contribution in [2.45, 2.75) is 11.8 Å². The van der Waals surface area contributed by atoms with Crippen LogP contribution in [0, 0.1) is 0 Å². The van der Waals surface area contributed by atoms with Gasteiger partial charge in [-0.2, -0.15) is 5.10 Å². The van der Waals surface area contributed by atoms with Gasteiger partial charge in [0.05, 0.1) is 33.0 Å². The van der Waals surface area contributed by atoms with Crippen LogP contribution in [0.5, 0.6) is 5.75 Å². The van der Waals surface area contributed by atoms with Crippen molar-refractivity contribution in [2.75, 3.05) is 5.75 Å². The van der Waals surface area contributed by atoms with Gasteiger partial charge in [-0.25, -0.2) is 10.4 Å². The largest absolute Gasteiger partial charge is 0.489 e. The lowest BCUT2D eigenvalue weighted by Gasteiger charge is -2.08. The number of carbonyl (C=O) groups excluding carboxylic acids is 1. The van der Waals surface area contributed by atoms with E-state index >= 15 is 0 Å². The van der Waals surface area contributed by atoms with Crippen LogP contribution < -0.4 is 10.2 Å². The van der Waals surface area contributed by atoms with E-state index in [0.717, 1.165) is 22.2 Å². The van der Waals surface area contributed by atoms with Gasteiger partial charge in [0.25, 0.3) is 5.91 Å². The minimum atomic E-state index is -0.223. The molecule has 0 unspecified atom stereocenters. The van der Waals surface area contributed by atoms with Crippen molar-refractivity contribution < 1.29 is 9.53 Å². The molecule has 4 aromatic rings. The van der Waals surface area contributed by atoms with Gasteiger partial charge in [-0.3, -0.25) is 4.79 Å². The second-order valence-electron chi connectivity index (χ2n) is 6.75. The third-order valence-electron chi connectivity index (χ3n) is 4.36. The third kappa shape index (κ3) is 6.03. The second kappa shape index (κ2) is 10.5. The molecule has 0 atom stereocenters. The van der Waals surface area contributed by atoms with E-state index in [2.05, 4.69) is 20.5 Å². The van der Waals surface area contributed by atoms with Crippen LogP contribution >= 0.6 is 35.0 Å². The number of rotatable bonds is 8. The molecule has 0 spiro atoms. The van der Waals surface area contributed by atoms with Crippen molar-refractivity contribution >= 4 is 58.1 Å². The fourth-order valence-electron chi connectivity index (χ4n) is 2.82. The average Bonchev–Trinajstić information content (AvgIpc) is 3.22. The third-order valence-corrected chi connectivity index (χ3v) is 5.97. The normalized spacial score (nSPS) is 11.2. The number of amides is 1. The molecule has 0 saturated heterocycles. The van der Waals surface area contributed by atoms with Gasteiger partial charge in [-0.1, -0.05) is 65.3 Å². The van der Waals surface area contributed by atoms with Gasteiger partial charge in [0, 0.05) is 0 Å². The molecule has 0 aliphatic heterocycles. The number of hydrazone groups is 1. The molecule has 0 saturated carbocycles. The molecule has 3 aromatic carbocycles. The summed E-state index contributed by atoms with van der Waals surface area (Å²) in [4.78, 5) is 19.7. The first-order valence-corrected chi connectivity index (χ1v) is 11.4. The van der Waals surface area contributed by atoms with Crippen molar-refractivity contribution in [1.29, 1.82) is 0 Å². The number of carbonyl (C=O) groups is 1. The van der Waals surface area contributed by atoms with E-state index in [4.69, 9.17) is 27.9 Å². The molecule has 0 aliphatic rings. The number of nitrogens with zero attached hydrogens (tertiary/aromatic N) is 2. The lowest BCUT2D eigenvalue weighted by Crippen LogP contribution is -2.19. The summed E-state index contributed by atoms with van der Waals surface area (Å²) >= 11 is 13.3. The smallest absolute Gasteiger partial charge is 0.250 e.